The fourth-order valence-electron chi connectivity index (χ4n) is 2.74. The minimum absolute atomic E-state index is 0. The molecule has 2 N–H and O–H groups in total. The van der Waals surface area contributed by atoms with E-state index in [4.69, 9.17) is 5.73 Å². The number of hydrogen-bond donors (Lipinski definition) is 1. The van der Waals surface area contributed by atoms with Crippen molar-refractivity contribution in [2.45, 2.75) is 45.2 Å². The number of carbonyl (C=O) groups excluding carboxylic acids is 1. The van der Waals surface area contributed by atoms with Crippen molar-refractivity contribution < 1.29 is 9.72 Å². The monoisotopic (exact) mass is 331 g/mol. The molecule has 1 saturated heterocycles. The second-order valence-electron chi connectivity index (χ2n) is 5.32. The van der Waals surface area contributed by atoms with Gasteiger partial charge in [0.2, 0.25) is 11.7 Å². The van der Waals surface area contributed by atoms with Gasteiger partial charge in [-0.1, -0.05) is 0 Å². The average Bonchev–Trinajstić information content (AvgIpc) is 2.86. The van der Waals surface area contributed by atoms with Crippen LogP contribution in [0.1, 0.15) is 31.5 Å². The summed E-state index contributed by atoms with van der Waals surface area (Å²) >= 11 is 0. The maximum absolute atomic E-state index is 12.3. The number of imidazole rings is 1. The molecule has 8 nitrogen and oxygen atoms in total. The first-order chi connectivity index (χ1) is 10.0. The van der Waals surface area contributed by atoms with E-state index in [1.807, 2.05) is 4.90 Å². The smallest absolute Gasteiger partial charge is 0.358 e. The second kappa shape index (κ2) is 8.09. The van der Waals surface area contributed by atoms with Gasteiger partial charge in [-0.05, 0) is 29.2 Å². The van der Waals surface area contributed by atoms with Crippen LogP contribution in [0.15, 0.2) is 6.20 Å². The summed E-state index contributed by atoms with van der Waals surface area (Å²) in [4.78, 5) is 28.1. The lowest BCUT2D eigenvalue weighted by Crippen LogP contribution is -2.47. The Morgan fingerprint density at radius 3 is 2.86 bits per heavy atom. The molecular weight excluding hydrogens is 310 g/mol. The number of nitrogens with two attached hydrogens (primary N) is 1. The standard InChI is InChI=1S/C13H21N5O3.ClH/c1-10-15-12(18(20)21)9-16(10)7-5-13(19)17-6-3-2-4-11(17)8-14;/h9,11H,2-8,14H2,1H3;1H. The van der Waals surface area contributed by atoms with Gasteiger partial charge in [0, 0.05) is 39.0 Å². The van der Waals surface area contributed by atoms with Crippen LogP contribution in [0.4, 0.5) is 5.82 Å². The number of nitrogens with zero attached hydrogens (tertiary/aromatic N) is 4. The maximum Gasteiger partial charge on any atom is 0.381 e. The van der Waals surface area contributed by atoms with Crippen molar-refractivity contribution in [3.8, 4) is 0 Å². The number of likely N-dealkylation sites (tertiary alicyclic amines) is 1. The summed E-state index contributed by atoms with van der Waals surface area (Å²) in [7, 11) is 0. The van der Waals surface area contributed by atoms with E-state index >= 15 is 0 Å². The fraction of sp³-hybridized carbons (Fsp3) is 0.692. The quantitative estimate of drug-likeness (QED) is 0.645. The van der Waals surface area contributed by atoms with Gasteiger partial charge >= 0.3 is 5.82 Å². The number of carbonyl (C=O) groups is 1. The molecule has 1 aliphatic rings. The number of rotatable bonds is 5. The van der Waals surface area contributed by atoms with Crippen molar-refractivity contribution in [1.29, 1.82) is 0 Å². The van der Waals surface area contributed by atoms with E-state index in [-0.39, 0.29) is 30.2 Å². The van der Waals surface area contributed by atoms with Gasteiger partial charge in [0.05, 0.1) is 0 Å². The lowest BCUT2D eigenvalue weighted by Gasteiger charge is -2.35. The van der Waals surface area contributed by atoms with E-state index in [0.29, 0.717) is 25.3 Å². The van der Waals surface area contributed by atoms with Gasteiger partial charge in [-0.15, -0.1) is 12.4 Å². The maximum atomic E-state index is 12.3. The van der Waals surface area contributed by atoms with Gasteiger partial charge in [-0.2, -0.15) is 0 Å². The molecule has 0 aliphatic carbocycles. The zero-order valence-corrected chi connectivity index (χ0v) is 13.4. The van der Waals surface area contributed by atoms with Crippen molar-refractivity contribution >= 4 is 24.1 Å². The minimum atomic E-state index is -0.527. The van der Waals surface area contributed by atoms with Gasteiger partial charge in [0.1, 0.15) is 6.20 Å². The van der Waals surface area contributed by atoms with E-state index in [9.17, 15) is 14.9 Å². The molecule has 124 valence electrons. The Hall–Kier alpha value is -1.67. The molecule has 22 heavy (non-hydrogen) atoms. The molecule has 9 heteroatoms. The third-order valence-corrected chi connectivity index (χ3v) is 3.94. The van der Waals surface area contributed by atoms with Crippen molar-refractivity contribution in [2.75, 3.05) is 13.1 Å². The number of hydrogen-bond acceptors (Lipinski definition) is 5. The molecule has 0 radical (unpaired) electrons. The fourth-order valence-corrected chi connectivity index (χ4v) is 2.74. The highest BCUT2D eigenvalue weighted by molar-refractivity contribution is 5.85. The predicted molar refractivity (Wildman–Crippen MR) is 83.9 cm³/mol. The van der Waals surface area contributed by atoms with Crippen LogP contribution in [0, 0.1) is 17.0 Å². The Labute approximate surface area is 135 Å². The molecule has 2 heterocycles. The van der Waals surface area contributed by atoms with Crippen molar-refractivity contribution in [2.24, 2.45) is 5.73 Å². The van der Waals surface area contributed by atoms with Crippen LogP contribution in [0.3, 0.4) is 0 Å². The first-order valence-corrected chi connectivity index (χ1v) is 7.20. The third-order valence-electron chi connectivity index (χ3n) is 3.94. The Balaban J connectivity index is 0.00000242. The zero-order valence-electron chi connectivity index (χ0n) is 12.6. The molecule has 1 unspecified atom stereocenters. The Morgan fingerprint density at radius 1 is 1.55 bits per heavy atom. The topological polar surface area (TPSA) is 107 Å². The Bertz CT molecular complexity index is 534. The highest BCUT2D eigenvalue weighted by Gasteiger charge is 2.25. The Kier molecular flexibility index (Phi) is 6.76. The number of nitro groups is 1. The van der Waals surface area contributed by atoms with E-state index in [2.05, 4.69) is 4.98 Å². The average molecular weight is 332 g/mol. The lowest BCUT2D eigenvalue weighted by molar-refractivity contribution is -0.389. The van der Waals surface area contributed by atoms with Crippen LogP contribution in [-0.2, 0) is 11.3 Å². The summed E-state index contributed by atoms with van der Waals surface area (Å²) in [5.41, 5.74) is 5.72. The summed E-state index contributed by atoms with van der Waals surface area (Å²) in [5.74, 6) is 0.419. The van der Waals surface area contributed by atoms with E-state index in [1.165, 1.54) is 6.20 Å². The van der Waals surface area contributed by atoms with Crippen molar-refractivity contribution in [3.05, 3.63) is 22.1 Å². The van der Waals surface area contributed by atoms with Crippen LogP contribution in [0.2, 0.25) is 0 Å². The number of amides is 1. The minimum Gasteiger partial charge on any atom is -0.358 e. The van der Waals surface area contributed by atoms with Crippen molar-refractivity contribution in [3.63, 3.8) is 0 Å². The first-order valence-electron chi connectivity index (χ1n) is 7.20. The summed E-state index contributed by atoms with van der Waals surface area (Å²) < 4.78 is 1.65. The van der Waals surface area contributed by atoms with Gasteiger partial charge in [-0.3, -0.25) is 4.79 Å². The van der Waals surface area contributed by atoms with E-state index < -0.39 is 4.92 Å². The van der Waals surface area contributed by atoms with E-state index in [1.54, 1.807) is 11.5 Å². The molecule has 1 aromatic rings. The van der Waals surface area contributed by atoms with Crippen LogP contribution in [0.25, 0.3) is 0 Å². The summed E-state index contributed by atoms with van der Waals surface area (Å²) in [5, 5.41) is 10.7. The molecule has 1 atom stereocenters. The molecule has 1 amide bonds. The number of aryl methyl sites for hydroxylation is 2. The second-order valence-corrected chi connectivity index (χ2v) is 5.32. The Morgan fingerprint density at radius 2 is 2.27 bits per heavy atom. The van der Waals surface area contributed by atoms with E-state index in [0.717, 1.165) is 25.8 Å². The lowest BCUT2D eigenvalue weighted by atomic mass is 10.0. The number of aromatic nitrogens is 2. The summed E-state index contributed by atoms with van der Waals surface area (Å²) in [6.07, 6.45) is 4.76. The van der Waals surface area contributed by atoms with Crippen LogP contribution < -0.4 is 5.73 Å². The molecular formula is C13H22ClN5O3. The van der Waals surface area contributed by atoms with Crippen molar-refractivity contribution in [1.82, 2.24) is 14.5 Å². The first kappa shape index (κ1) is 18.4. The predicted octanol–water partition coefficient (Wildman–Crippen LogP) is 1.25. The molecule has 2 rings (SSSR count). The van der Waals surface area contributed by atoms with Crippen LogP contribution in [0.5, 0.6) is 0 Å². The van der Waals surface area contributed by atoms with Gasteiger partial charge in [-0.25, -0.2) is 0 Å². The number of piperidine rings is 1. The van der Waals surface area contributed by atoms with Gasteiger partial charge < -0.3 is 25.3 Å². The SMILES string of the molecule is Cc1nc([N+](=O)[O-])cn1CCC(=O)N1CCCCC1CN.Cl. The molecule has 0 spiro atoms. The highest BCUT2D eigenvalue weighted by Crippen LogP contribution is 2.18. The molecule has 0 aromatic carbocycles. The molecule has 1 fully saturated rings. The number of halogens is 1. The zero-order chi connectivity index (χ0) is 15.4. The summed E-state index contributed by atoms with van der Waals surface area (Å²) in [6.45, 7) is 3.34. The van der Waals surface area contributed by atoms with Gasteiger partial charge in [0.15, 0.2) is 0 Å². The molecule has 1 aromatic heterocycles. The molecule has 1 aliphatic heterocycles. The third kappa shape index (κ3) is 4.17. The largest absolute Gasteiger partial charge is 0.381 e. The summed E-state index contributed by atoms with van der Waals surface area (Å²) in [6, 6.07) is 0.129. The normalized spacial score (nSPS) is 17.9. The van der Waals surface area contributed by atoms with Crippen LogP contribution >= 0.6 is 12.4 Å². The molecule has 0 saturated carbocycles. The van der Waals surface area contributed by atoms with Crippen LogP contribution in [-0.4, -0.2) is 44.4 Å². The highest BCUT2D eigenvalue weighted by atomic mass is 35.5. The van der Waals surface area contributed by atoms with Gasteiger partial charge in [0.25, 0.3) is 0 Å². The molecule has 0 bridgehead atoms.